The molecule has 0 aliphatic carbocycles. The van der Waals surface area contributed by atoms with Crippen LogP contribution in [-0.2, 0) is 4.79 Å². The number of rotatable bonds is 7. The van der Waals surface area contributed by atoms with Gasteiger partial charge in [-0.2, -0.15) is 0 Å². The second-order valence-electron chi connectivity index (χ2n) is 5.92. The molecule has 128 valence electrons. The maximum absolute atomic E-state index is 13.1. The van der Waals surface area contributed by atoms with Gasteiger partial charge in [0.2, 0.25) is 5.91 Å². The first kappa shape index (κ1) is 18.4. The van der Waals surface area contributed by atoms with Crippen LogP contribution in [-0.4, -0.2) is 21.6 Å². The van der Waals surface area contributed by atoms with Gasteiger partial charge in [-0.05, 0) is 30.5 Å². The molecule has 4 nitrogen and oxygen atoms in total. The van der Waals surface area contributed by atoms with Crippen molar-refractivity contribution >= 4 is 17.7 Å². The third-order valence-electron chi connectivity index (χ3n) is 3.68. The Kier molecular flexibility index (Phi) is 6.73. The normalized spacial score (nSPS) is 13.5. The number of hydrogen-bond acceptors (Lipinski definition) is 4. The lowest BCUT2D eigenvalue weighted by atomic mass is 9.96. The molecule has 1 aromatic heterocycles. The fourth-order valence-electron chi connectivity index (χ4n) is 2.33. The number of carbonyl (C=O) groups is 1. The molecule has 6 heteroatoms. The summed E-state index contributed by atoms with van der Waals surface area (Å²) < 4.78 is 13.1. The Morgan fingerprint density at radius 2 is 1.92 bits per heavy atom. The summed E-state index contributed by atoms with van der Waals surface area (Å²) in [6.07, 6.45) is 4.99. The van der Waals surface area contributed by atoms with Crippen molar-refractivity contribution in [2.24, 2.45) is 5.92 Å². The van der Waals surface area contributed by atoms with Gasteiger partial charge in [0.15, 0.2) is 0 Å². The summed E-state index contributed by atoms with van der Waals surface area (Å²) in [5.41, 5.74) is 1.76. The van der Waals surface area contributed by atoms with E-state index >= 15 is 0 Å². The Morgan fingerprint density at radius 3 is 2.50 bits per heavy atom. The molecule has 2 atom stereocenters. The molecule has 24 heavy (non-hydrogen) atoms. The predicted octanol–water partition coefficient (Wildman–Crippen LogP) is 3.92. The van der Waals surface area contributed by atoms with Crippen LogP contribution in [0.15, 0.2) is 42.9 Å². The number of aromatic nitrogens is 2. The molecule has 0 aliphatic heterocycles. The molecule has 0 bridgehead atoms. The standard InChI is InChI=1S/C18H22FN3OS/c1-12(2)18(14-4-6-15(19)7-5-14)22-17(23)11-24-13(3)16-10-20-8-9-21-16/h4-10,12-13,18H,11H2,1-3H3,(H,22,23)/t13-,18+/m1/s1. The largest absolute Gasteiger partial charge is 0.348 e. The highest BCUT2D eigenvalue weighted by Crippen LogP contribution is 2.26. The van der Waals surface area contributed by atoms with Crippen LogP contribution in [0.4, 0.5) is 4.39 Å². The zero-order chi connectivity index (χ0) is 17.5. The van der Waals surface area contributed by atoms with Gasteiger partial charge in [0.25, 0.3) is 0 Å². The predicted molar refractivity (Wildman–Crippen MR) is 95.0 cm³/mol. The summed E-state index contributed by atoms with van der Waals surface area (Å²) in [7, 11) is 0. The van der Waals surface area contributed by atoms with Crippen LogP contribution in [0, 0.1) is 11.7 Å². The zero-order valence-electron chi connectivity index (χ0n) is 14.1. The summed E-state index contributed by atoms with van der Waals surface area (Å²) in [6.45, 7) is 6.06. The van der Waals surface area contributed by atoms with Crippen LogP contribution in [0.2, 0.25) is 0 Å². The van der Waals surface area contributed by atoms with Gasteiger partial charge >= 0.3 is 0 Å². The van der Waals surface area contributed by atoms with Crippen molar-refractivity contribution in [1.82, 2.24) is 15.3 Å². The van der Waals surface area contributed by atoms with Crippen molar-refractivity contribution in [2.45, 2.75) is 32.1 Å². The minimum Gasteiger partial charge on any atom is -0.348 e. The van der Waals surface area contributed by atoms with Crippen LogP contribution in [0.1, 0.15) is 43.3 Å². The lowest BCUT2D eigenvalue weighted by Crippen LogP contribution is -2.33. The van der Waals surface area contributed by atoms with Gasteiger partial charge in [-0.15, -0.1) is 11.8 Å². The van der Waals surface area contributed by atoms with Crippen molar-refractivity contribution in [3.63, 3.8) is 0 Å². The average molecular weight is 347 g/mol. The Balaban J connectivity index is 1.92. The molecule has 0 saturated heterocycles. The van der Waals surface area contributed by atoms with Crippen molar-refractivity contribution in [2.75, 3.05) is 5.75 Å². The monoisotopic (exact) mass is 347 g/mol. The maximum Gasteiger partial charge on any atom is 0.230 e. The molecule has 0 radical (unpaired) electrons. The van der Waals surface area contributed by atoms with E-state index in [0.717, 1.165) is 11.3 Å². The average Bonchev–Trinajstić information content (AvgIpc) is 2.59. The number of amides is 1. The van der Waals surface area contributed by atoms with Crippen molar-refractivity contribution in [3.05, 3.63) is 59.9 Å². The van der Waals surface area contributed by atoms with Crippen LogP contribution < -0.4 is 5.32 Å². The minimum atomic E-state index is -0.277. The van der Waals surface area contributed by atoms with E-state index in [0.29, 0.717) is 5.75 Å². The molecule has 0 spiro atoms. The van der Waals surface area contributed by atoms with E-state index in [4.69, 9.17) is 0 Å². The van der Waals surface area contributed by atoms with Crippen LogP contribution in [0.3, 0.4) is 0 Å². The second-order valence-corrected chi connectivity index (χ2v) is 7.25. The topological polar surface area (TPSA) is 54.9 Å². The second kappa shape index (κ2) is 8.78. The first-order valence-corrected chi connectivity index (χ1v) is 8.94. The molecule has 0 aliphatic rings. The number of nitrogens with zero attached hydrogens (tertiary/aromatic N) is 2. The van der Waals surface area contributed by atoms with E-state index < -0.39 is 0 Å². The number of benzene rings is 1. The van der Waals surface area contributed by atoms with Gasteiger partial charge < -0.3 is 5.32 Å². The lowest BCUT2D eigenvalue weighted by molar-refractivity contribution is -0.119. The highest BCUT2D eigenvalue weighted by Gasteiger charge is 2.19. The van der Waals surface area contributed by atoms with Gasteiger partial charge in [0.1, 0.15) is 5.82 Å². The number of hydrogen-bond donors (Lipinski definition) is 1. The fraction of sp³-hybridized carbons (Fsp3) is 0.389. The first-order valence-electron chi connectivity index (χ1n) is 7.89. The molecule has 0 fully saturated rings. The van der Waals surface area contributed by atoms with Gasteiger partial charge in [0.05, 0.1) is 17.5 Å². The third kappa shape index (κ3) is 5.30. The van der Waals surface area contributed by atoms with Crippen LogP contribution >= 0.6 is 11.8 Å². The highest BCUT2D eigenvalue weighted by atomic mass is 32.2. The van der Waals surface area contributed by atoms with E-state index in [9.17, 15) is 9.18 Å². The van der Waals surface area contributed by atoms with Gasteiger partial charge in [-0.3, -0.25) is 14.8 Å². The molecule has 0 saturated carbocycles. The van der Waals surface area contributed by atoms with Crippen LogP contribution in [0.5, 0.6) is 0 Å². The van der Waals surface area contributed by atoms with E-state index in [1.54, 1.807) is 30.7 Å². The molecular weight excluding hydrogens is 325 g/mol. The van der Waals surface area contributed by atoms with Crippen molar-refractivity contribution in [1.29, 1.82) is 0 Å². The zero-order valence-corrected chi connectivity index (χ0v) is 14.9. The number of nitrogens with one attached hydrogen (secondary N) is 1. The SMILES string of the molecule is CC(C)[C@H](NC(=O)CS[C@H](C)c1cnccn1)c1ccc(F)cc1. The van der Waals surface area contributed by atoms with Gasteiger partial charge in [0, 0.05) is 23.8 Å². The summed E-state index contributed by atoms with van der Waals surface area (Å²) in [6, 6.07) is 6.14. The van der Waals surface area contributed by atoms with Gasteiger partial charge in [-0.1, -0.05) is 26.0 Å². The fourth-order valence-corrected chi connectivity index (χ4v) is 3.10. The molecule has 1 amide bonds. The van der Waals surface area contributed by atoms with E-state index in [1.807, 2.05) is 20.8 Å². The molecular formula is C18H22FN3OS. The summed E-state index contributed by atoms with van der Waals surface area (Å²) in [5.74, 6) is 0.226. The van der Waals surface area contributed by atoms with Crippen molar-refractivity contribution in [3.8, 4) is 0 Å². The number of halogens is 1. The molecule has 1 aromatic carbocycles. The number of carbonyl (C=O) groups excluding carboxylic acids is 1. The Labute approximate surface area is 146 Å². The van der Waals surface area contributed by atoms with Gasteiger partial charge in [-0.25, -0.2) is 4.39 Å². The smallest absolute Gasteiger partial charge is 0.230 e. The summed E-state index contributed by atoms with van der Waals surface area (Å²) in [5, 5.41) is 3.13. The number of thioether (sulfide) groups is 1. The van der Waals surface area contributed by atoms with E-state index in [-0.39, 0.29) is 28.9 Å². The maximum atomic E-state index is 13.1. The van der Waals surface area contributed by atoms with E-state index in [2.05, 4.69) is 15.3 Å². The molecule has 0 unspecified atom stereocenters. The molecule has 1 N–H and O–H groups in total. The van der Waals surface area contributed by atoms with Crippen molar-refractivity contribution < 1.29 is 9.18 Å². The van der Waals surface area contributed by atoms with E-state index in [1.165, 1.54) is 23.9 Å². The Bertz CT molecular complexity index is 649. The minimum absolute atomic E-state index is 0.0428. The first-order chi connectivity index (χ1) is 11.5. The molecule has 2 rings (SSSR count). The third-order valence-corrected chi connectivity index (χ3v) is 4.85. The lowest BCUT2D eigenvalue weighted by Gasteiger charge is -2.23. The summed E-state index contributed by atoms with van der Waals surface area (Å²) in [4.78, 5) is 20.6. The molecule has 2 aromatic rings. The Morgan fingerprint density at radius 1 is 1.21 bits per heavy atom. The van der Waals surface area contributed by atoms with Crippen LogP contribution in [0.25, 0.3) is 0 Å². The summed E-state index contributed by atoms with van der Waals surface area (Å²) >= 11 is 1.51. The quantitative estimate of drug-likeness (QED) is 0.825. The molecule has 1 heterocycles. The highest BCUT2D eigenvalue weighted by molar-refractivity contribution is 8.00. The Hall–Kier alpha value is -1.95.